The molecule has 0 radical (unpaired) electrons. The van der Waals surface area contributed by atoms with E-state index in [4.69, 9.17) is 4.74 Å². The lowest BCUT2D eigenvalue weighted by atomic mass is 10.2. The Morgan fingerprint density at radius 1 is 1.26 bits per heavy atom. The van der Waals surface area contributed by atoms with E-state index in [1.165, 1.54) is 0 Å². The van der Waals surface area contributed by atoms with Gasteiger partial charge in [0.25, 0.3) is 5.91 Å². The Hall–Kier alpha value is -2.90. The van der Waals surface area contributed by atoms with Crippen LogP contribution in [0.25, 0.3) is 5.69 Å². The molecular formula is C15H19N5O3. The first kappa shape index (κ1) is 16.5. The minimum Gasteiger partial charge on any atom is -0.443 e. The summed E-state index contributed by atoms with van der Waals surface area (Å²) in [7, 11) is 0. The predicted octanol–water partition coefficient (Wildman–Crippen LogP) is 1.75. The maximum atomic E-state index is 12.1. The van der Waals surface area contributed by atoms with Gasteiger partial charge in [0, 0.05) is 12.4 Å². The molecule has 2 aromatic heterocycles. The number of hydrogen-bond donors (Lipinski definition) is 2. The second kappa shape index (κ2) is 6.47. The smallest absolute Gasteiger partial charge is 0.426 e. The third kappa shape index (κ3) is 4.53. The molecule has 0 saturated carbocycles. The van der Waals surface area contributed by atoms with Gasteiger partial charge in [-0.1, -0.05) is 0 Å². The monoisotopic (exact) mass is 317 g/mol. The molecule has 2 N–H and O–H groups in total. The molecule has 0 aromatic carbocycles. The van der Waals surface area contributed by atoms with Crippen LogP contribution in [0.1, 0.15) is 36.8 Å². The van der Waals surface area contributed by atoms with Gasteiger partial charge >= 0.3 is 6.09 Å². The number of rotatable bonds is 2. The maximum absolute atomic E-state index is 12.1. The van der Waals surface area contributed by atoms with Gasteiger partial charge in [-0.15, -0.1) is 0 Å². The number of hydrogen-bond acceptors (Lipinski definition) is 5. The zero-order valence-corrected chi connectivity index (χ0v) is 13.5. The third-order valence-electron chi connectivity index (χ3n) is 2.73. The summed E-state index contributed by atoms with van der Waals surface area (Å²) < 4.78 is 6.58. The van der Waals surface area contributed by atoms with Crippen molar-refractivity contribution in [2.75, 3.05) is 0 Å². The minimum atomic E-state index is -0.733. The SMILES string of the molecule is Cc1nn(-c2cccnc2)cc1C(=O)NNC(=O)OC(C)(C)C. The minimum absolute atomic E-state index is 0.338. The van der Waals surface area contributed by atoms with E-state index in [0.717, 1.165) is 5.69 Å². The summed E-state index contributed by atoms with van der Waals surface area (Å²) in [5, 5.41) is 4.26. The molecule has 8 nitrogen and oxygen atoms in total. The highest BCUT2D eigenvalue weighted by Gasteiger charge is 2.18. The number of carbonyl (C=O) groups excluding carboxylic acids is 2. The second-order valence-electron chi connectivity index (χ2n) is 5.86. The van der Waals surface area contributed by atoms with Gasteiger partial charge < -0.3 is 4.74 Å². The summed E-state index contributed by atoms with van der Waals surface area (Å²) in [4.78, 5) is 27.7. The number of ether oxygens (including phenoxy) is 1. The van der Waals surface area contributed by atoms with E-state index < -0.39 is 17.6 Å². The lowest BCUT2D eigenvalue weighted by molar-refractivity contribution is 0.0483. The molecule has 8 heteroatoms. The number of pyridine rings is 1. The number of aryl methyl sites for hydroxylation is 1. The molecule has 2 rings (SSSR count). The lowest BCUT2D eigenvalue weighted by Crippen LogP contribution is -2.44. The van der Waals surface area contributed by atoms with E-state index in [1.807, 2.05) is 6.07 Å². The zero-order valence-electron chi connectivity index (χ0n) is 13.5. The third-order valence-corrected chi connectivity index (χ3v) is 2.73. The Balaban J connectivity index is 2.03. The van der Waals surface area contributed by atoms with Crippen LogP contribution in [0, 0.1) is 6.92 Å². The van der Waals surface area contributed by atoms with E-state index in [1.54, 1.807) is 57.0 Å². The Morgan fingerprint density at radius 2 is 2.00 bits per heavy atom. The van der Waals surface area contributed by atoms with Gasteiger partial charge in [-0.25, -0.2) is 14.9 Å². The van der Waals surface area contributed by atoms with Crippen molar-refractivity contribution >= 4 is 12.0 Å². The van der Waals surface area contributed by atoms with Crippen molar-refractivity contribution in [2.45, 2.75) is 33.3 Å². The summed E-state index contributed by atoms with van der Waals surface area (Å²) in [6.07, 6.45) is 4.12. The van der Waals surface area contributed by atoms with Gasteiger partial charge in [0.2, 0.25) is 0 Å². The number of nitrogens with one attached hydrogen (secondary N) is 2. The molecule has 0 aliphatic heterocycles. The van der Waals surface area contributed by atoms with Crippen LogP contribution < -0.4 is 10.9 Å². The van der Waals surface area contributed by atoms with Gasteiger partial charge in [-0.05, 0) is 39.8 Å². The van der Waals surface area contributed by atoms with Gasteiger partial charge in [-0.3, -0.25) is 15.2 Å². The van der Waals surface area contributed by atoms with Gasteiger partial charge in [0.05, 0.1) is 23.1 Å². The van der Waals surface area contributed by atoms with Gasteiger partial charge in [-0.2, -0.15) is 5.10 Å². The fourth-order valence-electron chi connectivity index (χ4n) is 1.78. The van der Waals surface area contributed by atoms with Crippen LogP contribution >= 0.6 is 0 Å². The predicted molar refractivity (Wildman–Crippen MR) is 82.9 cm³/mol. The number of nitrogens with zero attached hydrogens (tertiary/aromatic N) is 3. The Bertz CT molecular complexity index is 704. The summed E-state index contributed by atoms with van der Waals surface area (Å²) >= 11 is 0. The fraction of sp³-hybridized carbons (Fsp3) is 0.333. The number of amides is 2. The Kier molecular flexibility index (Phi) is 4.63. The maximum Gasteiger partial charge on any atom is 0.426 e. The molecule has 0 aliphatic rings. The molecule has 2 heterocycles. The number of aromatic nitrogens is 3. The van der Waals surface area contributed by atoms with Crippen molar-refractivity contribution in [3.63, 3.8) is 0 Å². The van der Waals surface area contributed by atoms with Crippen LogP contribution in [-0.4, -0.2) is 32.4 Å². The van der Waals surface area contributed by atoms with Crippen LogP contribution in [0.5, 0.6) is 0 Å². The quantitative estimate of drug-likeness (QED) is 0.822. The van der Waals surface area contributed by atoms with E-state index in [-0.39, 0.29) is 0 Å². The van der Waals surface area contributed by atoms with E-state index >= 15 is 0 Å². The number of hydrazine groups is 1. The average molecular weight is 317 g/mol. The standard InChI is InChI=1S/C15H19N5O3/c1-10-12(9-20(19-10)11-6-5-7-16-8-11)13(21)17-18-14(22)23-15(2,3)4/h5-9H,1-4H3,(H,17,21)(H,18,22). The van der Waals surface area contributed by atoms with Gasteiger partial charge in [0.1, 0.15) is 5.60 Å². The molecule has 2 amide bonds. The van der Waals surface area contributed by atoms with Crippen molar-refractivity contribution < 1.29 is 14.3 Å². The molecule has 0 saturated heterocycles. The van der Waals surface area contributed by atoms with Crippen LogP contribution in [0.4, 0.5) is 4.79 Å². The first-order chi connectivity index (χ1) is 10.8. The molecule has 23 heavy (non-hydrogen) atoms. The fourth-order valence-corrected chi connectivity index (χ4v) is 1.78. The molecule has 0 atom stereocenters. The topological polar surface area (TPSA) is 98.1 Å². The summed E-state index contributed by atoms with van der Waals surface area (Å²) in [5.74, 6) is -0.483. The molecule has 0 bridgehead atoms. The van der Waals surface area contributed by atoms with Crippen molar-refractivity contribution in [2.24, 2.45) is 0 Å². The van der Waals surface area contributed by atoms with Crippen LogP contribution in [-0.2, 0) is 4.74 Å². The van der Waals surface area contributed by atoms with Crippen LogP contribution in [0.2, 0.25) is 0 Å². The summed E-state index contributed by atoms with van der Waals surface area (Å²) in [6.45, 7) is 6.90. The zero-order chi connectivity index (χ0) is 17.0. The molecule has 122 valence electrons. The first-order valence-corrected chi connectivity index (χ1v) is 7.02. The molecule has 2 aromatic rings. The summed E-state index contributed by atoms with van der Waals surface area (Å²) in [5.41, 5.74) is 5.45. The van der Waals surface area contributed by atoms with Crippen molar-refractivity contribution in [1.29, 1.82) is 0 Å². The summed E-state index contributed by atoms with van der Waals surface area (Å²) in [6, 6.07) is 3.59. The largest absolute Gasteiger partial charge is 0.443 e. The molecule has 0 spiro atoms. The van der Waals surface area contributed by atoms with E-state index in [2.05, 4.69) is 20.9 Å². The Labute approximate surface area is 133 Å². The molecule has 0 unspecified atom stereocenters. The normalized spacial score (nSPS) is 11.0. The lowest BCUT2D eigenvalue weighted by Gasteiger charge is -2.19. The molecule has 0 fully saturated rings. The number of carbonyl (C=O) groups is 2. The van der Waals surface area contributed by atoms with Crippen LogP contribution in [0.15, 0.2) is 30.7 Å². The van der Waals surface area contributed by atoms with E-state index in [9.17, 15) is 9.59 Å². The molecular weight excluding hydrogens is 298 g/mol. The van der Waals surface area contributed by atoms with Gasteiger partial charge in [0.15, 0.2) is 0 Å². The van der Waals surface area contributed by atoms with Crippen molar-refractivity contribution in [3.8, 4) is 5.69 Å². The first-order valence-electron chi connectivity index (χ1n) is 7.02. The van der Waals surface area contributed by atoms with Crippen LogP contribution in [0.3, 0.4) is 0 Å². The Morgan fingerprint density at radius 3 is 2.61 bits per heavy atom. The highest BCUT2D eigenvalue weighted by molar-refractivity contribution is 5.95. The average Bonchev–Trinajstić information content (AvgIpc) is 2.86. The van der Waals surface area contributed by atoms with E-state index in [0.29, 0.717) is 11.3 Å². The highest BCUT2D eigenvalue weighted by atomic mass is 16.6. The van der Waals surface area contributed by atoms with Crippen molar-refractivity contribution in [1.82, 2.24) is 25.6 Å². The van der Waals surface area contributed by atoms with Crippen molar-refractivity contribution in [3.05, 3.63) is 42.0 Å². The molecule has 0 aliphatic carbocycles. The highest BCUT2D eigenvalue weighted by Crippen LogP contribution is 2.11. The second-order valence-corrected chi connectivity index (χ2v) is 5.86.